The summed E-state index contributed by atoms with van der Waals surface area (Å²) in [7, 11) is 0. The van der Waals surface area contributed by atoms with Crippen molar-refractivity contribution in [1.82, 2.24) is 14.5 Å². The minimum Gasteiger partial charge on any atom is -0.290 e. The van der Waals surface area contributed by atoms with Crippen LogP contribution in [-0.2, 0) is 0 Å². The van der Waals surface area contributed by atoms with Crippen LogP contribution in [0.25, 0.3) is 50.5 Å². The molecular formula is C36H33N3. The van der Waals surface area contributed by atoms with Gasteiger partial charge in [-0.2, -0.15) is 0 Å². The summed E-state index contributed by atoms with van der Waals surface area (Å²) < 4.78 is 2.36. The molecular weight excluding hydrogens is 474 g/mol. The largest absolute Gasteiger partial charge is 0.290 e. The molecule has 192 valence electrons. The molecule has 0 aliphatic carbocycles. The van der Waals surface area contributed by atoms with Crippen molar-refractivity contribution in [2.75, 3.05) is 0 Å². The average Bonchev–Trinajstić information content (AvgIpc) is 3.37. The predicted molar refractivity (Wildman–Crippen MR) is 163 cm³/mol. The van der Waals surface area contributed by atoms with Gasteiger partial charge in [-0.1, -0.05) is 107 Å². The first kappa shape index (κ1) is 24.8. The number of pyridine rings is 1. The van der Waals surface area contributed by atoms with E-state index in [2.05, 4.69) is 129 Å². The number of benzene rings is 4. The van der Waals surface area contributed by atoms with Crippen molar-refractivity contribution in [3.8, 4) is 39.5 Å². The average molecular weight is 508 g/mol. The van der Waals surface area contributed by atoms with Gasteiger partial charge in [-0.05, 0) is 70.0 Å². The number of rotatable bonds is 6. The van der Waals surface area contributed by atoms with Crippen LogP contribution in [-0.4, -0.2) is 14.5 Å². The van der Waals surface area contributed by atoms with Gasteiger partial charge in [0, 0.05) is 11.8 Å². The number of hydrogen-bond acceptors (Lipinski definition) is 2. The summed E-state index contributed by atoms with van der Waals surface area (Å²) in [6.45, 7) is 9.14. The normalized spacial score (nSPS) is 11.5. The van der Waals surface area contributed by atoms with Crippen LogP contribution in [0.2, 0.25) is 0 Å². The zero-order valence-electron chi connectivity index (χ0n) is 23.0. The Kier molecular flexibility index (Phi) is 6.58. The number of imidazole rings is 1. The Labute approximate surface area is 230 Å². The van der Waals surface area contributed by atoms with Gasteiger partial charge in [0.2, 0.25) is 0 Å². The summed E-state index contributed by atoms with van der Waals surface area (Å²) in [5.41, 5.74) is 11.5. The highest BCUT2D eigenvalue weighted by atomic mass is 15.1. The molecule has 6 aromatic rings. The quantitative estimate of drug-likeness (QED) is 0.225. The predicted octanol–water partition coefficient (Wildman–Crippen LogP) is 9.67. The number of aromatic nitrogens is 3. The number of fused-ring (bicyclic) bond motifs is 1. The Morgan fingerprint density at radius 1 is 0.590 bits per heavy atom. The van der Waals surface area contributed by atoms with Crippen LogP contribution in [0.15, 0.2) is 115 Å². The van der Waals surface area contributed by atoms with Gasteiger partial charge in [0.15, 0.2) is 5.82 Å². The van der Waals surface area contributed by atoms with E-state index < -0.39 is 0 Å². The maximum Gasteiger partial charge on any atom is 0.164 e. The van der Waals surface area contributed by atoms with Gasteiger partial charge in [-0.25, -0.2) is 4.98 Å². The van der Waals surface area contributed by atoms with Gasteiger partial charge in [0.25, 0.3) is 0 Å². The van der Waals surface area contributed by atoms with E-state index in [-0.39, 0.29) is 0 Å². The van der Waals surface area contributed by atoms with Crippen molar-refractivity contribution in [2.24, 2.45) is 0 Å². The fourth-order valence-corrected chi connectivity index (χ4v) is 5.46. The minimum absolute atomic E-state index is 0.313. The molecule has 0 aliphatic heterocycles. The molecule has 0 fully saturated rings. The molecule has 3 heteroatoms. The third kappa shape index (κ3) is 4.55. The summed E-state index contributed by atoms with van der Waals surface area (Å²) >= 11 is 0. The van der Waals surface area contributed by atoms with Crippen molar-refractivity contribution >= 4 is 11.0 Å². The summed E-state index contributed by atoms with van der Waals surface area (Å²) in [5.74, 6) is 1.49. The van der Waals surface area contributed by atoms with Crippen LogP contribution in [0, 0.1) is 0 Å². The Bertz CT molecular complexity index is 1700. The van der Waals surface area contributed by atoms with E-state index in [9.17, 15) is 0 Å². The number of para-hydroxylation sites is 1. The van der Waals surface area contributed by atoms with E-state index in [1.807, 2.05) is 18.3 Å². The first-order chi connectivity index (χ1) is 19.0. The van der Waals surface area contributed by atoms with Crippen LogP contribution in [0.4, 0.5) is 0 Å². The van der Waals surface area contributed by atoms with Crippen molar-refractivity contribution in [1.29, 1.82) is 0 Å². The fourth-order valence-electron chi connectivity index (χ4n) is 5.46. The third-order valence-corrected chi connectivity index (χ3v) is 7.41. The molecule has 39 heavy (non-hydrogen) atoms. The van der Waals surface area contributed by atoms with Crippen LogP contribution in [0.5, 0.6) is 0 Å². The topological polar surface area (TPSA) is 30.7 Å². The molecule has 0 spiro atoms. The van der Waals surface area contributed by atoms with Gasteiger partial charge < -0.3 is 0 Å². The van der Waals surface area contributed by atoms with Crippen molar-refractivity contribution < 1.29 is 0 Å². The molecule has 3 nitrogen and oxygen atoms in total. The SMILES string of the molecule is CC(C)c1cc(-c2ccccc2)cc(C(C)C)c1-n1c(-c2ccccn2)nc2c(-c3ccccc3)cccc21. The lowest BCUT2D eigenvalue weighted by molar-refractivity contribution is 0.811. The van der Waals surface area contributed by atoms with Crippen molar-refractivity contribution in [3.63, 3.8) is 0 Å². The van der Waals surface area contributed by atoms with Gasteiger partial charge in [0.05, 0.1) is 16.7 Å². The smallest absolute Gasteiger partial charge is 0.164 e. The first-order valence-corrected chi connectivity index (χ1v) is 13.7. The van der Waals surface area contributed by atoms with Crippen LogP contribution in [0.3, 0.4) is 0 Å². The van der Waals surface area contributed by atoms with Gasteiger partial charge >= 0.3 is 0 Å². The highest BCUT2D eigenvalue weighted by molar-refractivity contribution is 5.95. The molecule has 6 rings (SSSR count). The maximum absolute atomic E-state index is 5.32. The number of nitrogens with zero attached hydrogens (tertiary/aromatic N) is 3. The van der Waals surface area contributed by atoms with E-state index in [1.54, 1.807) is 0 Å². The molecule has 2 aromatic heterocycles. The summed E-state index contributed by atoms with van der Waals surface area (Å²) in [4.78, 5) is 10.1. The summed E-state index contributed by atoms with van der Waals surface area (Å²) in [6.07, 6.45) is 1.85. The minimum atomic E-state index is 0.313. The van der Waals surface area contributed by atoms with Gasteiger partial charge in [0.1, 0.15) is 5.69 Å². The monoisotopic (exact) mass is 507 g/mol. The van der Waals surface area contributed by atoms with E-state index in [4.69, 9.17) is 9.97 Å². The molecule has 0 amide bonds. The Morgan fingerprint density at radius 3 is 1.79 bits per heavy atom. The highest BCUT2D eigenvalue weighted by Gasteiger charge is 2.25. The van der Waals surface area contributed by atoms with Crippen molar-refractivity contribution in [3.05, 3.63) is 127 Å². The standard InChI is InChI=1S/C36H33N3/c1-24(2)30-22-28(26-14-7-5-8-15-26)23-31(25(3)4)35(30)39-33-20-13-18-29(27-16-9-6-10-17-27)34(33)38-36(39)32-19-11-12-21-37-32/h5-25H,1-4H3. The lowest BCUT2D eigenvalue weighted by atomic mass is 9.88. The van der Waals surface area contributed by atoms with Crippen LogP contribution in [0.1, 0.15) is 50.7 Å². The molecule has 0 radical (unpaired) electrons. The first-order valence-electron chi connectivity index (χ1n) is 13.7. The molecule has 0 aliphatic rings. The molecule has 0 N–H and O–H groups in total. The lowest BCUT2D eigenvalue weighted by Gasteiger charge is -2.24. The Morgan fingerprint density at radius 2 is 1.21 bits per heavy atom. The second-order valence-corrected chi connectivity index (χ2v) is 10.7. The van der Waals surface area contributed by atoms with Crippen LogP contribution >= 0.6 is 0 Å². The second kappa shape index (κ2) is 10.3. The fraction of sp³-hybridized carbons (Fsp3) is 0.167. The number of hydrogen-bond donors (Lipinski definition) is 0. The van der Waals surface area contributed by atoms with E-state index in [0.29, 0.717) is 11.8 Å². The van der Waals surface area contributed by atoms with E-state index in [0.717, 1.165) is 33.7 Å². The molecule has 0 bridgehead atoms. The zero-order chi connectivity index (χ0) is 26.9. The molecule has 2 heterocycles. The molecule has 0 atom stereocenters. The molecule has 0 unspecified atom stereocenters. The summed E-state index contributed by atoms with van der Waals surface area (Å²) in [6, 6.07) is 38.5. The summed E-state index contributed by atoms with van der Waals surface area (Å²) in [5, 5.41) is 0. The second-order valence-electron chi connectivity index (χ2n) is 10.7. The van der Waals surface area contributed by atoms with Gasteiger partial charge in [-0.15, -0.1) is 0 Å². The molecule has 0 saturated carbocycles. The lowest BCUT2D eigenvalue weighted by Crippen LogP contribution is -2.09. The molecule has 4 aromatic carbocycles. The highest BCUT2D eigenvalue weighted by Crippen LogP contribution is 2.41. The Balaban J connectivity index is 1.73. The van der Waals surface area contributed by atoms with Gasteiger partial charge in [-0.3, -0.25) is 9.55 Å². The Hall–Kier alpha value is -4.50. The van der Waals surface area contributed by atoms with E-state index >= 15 is 0 Å². The van der Waals surface area contributed by atoms with Crippen molar-refractivity contribution in [2.45, 2.75) is 39.5 Å². The van der Waals surface area contributed by atoms with Crippen LogP contribution < -0.4 is 0 Å². The zero-order valence-corrected chi connectivity index (χ0v) is 23.0. The maximum atomic E-state index is 5.32. The van der Waals surface area contributed by atoms with E-state index in [1.165, 1.54) is 27.9 Å². The third-order valence-electron chi connectivity index (χ3n) is 7.41. The molecule has 0 saturated heterocycles.